The minimum atomic E-state index is -4.99. The number of phosphoric ester groups is 2. The summed E-state index contributed by atoms with van der Waals surface area (Å²) in [6, 6.07) is 0. The van der Waals surface area contributed by atoms with Gasteiger partial charge in [0.2, 0.25) is 0 Å². The highest BCUT2D eigenvalue weighted by Crippen LogP contribution is 2.45. The number of allylic oxidation sites excluding steroid dienone is 12. The number of esters is 4. The van der Waals surface area contributed by atoms with Crippen LogP contribution < -0.4 is 0 Å². The molecule has 0 aromatic heterocycles. The predicted molar refractivity (Wildman–Crippen MR) is 400 cm³/mol. The number of phosphoric acid groups is 2. The number of hydrogen-bond acceptors (Lipinski definition) is 15. The first-order chi connectivity index (χ1) is 47.7. The minimum Gasteiger partial charge on any atom is -0.462 e. The van der Waals surface area contributed by atoms with Crippen LogP contribution >= 0.6 is 15.6 Å². The Morgan fingerprint density at radius 3 is 0.847 bits per heavy atom. The van der Waals surface area contributed by atoms with Crippen molar-refractivity contribution in [2.24, 2.45) is 0 Å². The van der Waals surface area contributed by atoms with Gasteiger partial charge in [-0.2, -0.15) is 0 Å². The number of hydrogen-bond donors (Lipinski definition) is 3. The van der Waals surface area contributed by atoms with Crippen molar-refractivity contribution in [1.82, 2.24) is 0 Å². The highest BCUT2D eigenvalue weighted by atomic mass is 31.2. The number of carbonyl (C=O) groups is 4. The lowest BCUT2D eigenvalue weighted by molar-refractivity contribution is -0.161. The standard InChI is InChI=1S/C79H142O17P2/c1-5-9-13-17-21-25-29-33-35-36-38-42-46-50-54-58-62-66-79(84)96-75(70-90-77(82)64-60-56-52-48-44-40-32-28-24-20-16-12-8-4)72-94-98(87,88)92-68-73(80)67-91-97(85,86)93-71-74(69-89-76(81)63-59-55-51-47-43-39-31-27-23-19-15-11-7-3)95-78(83)65-61-57-53-49-45-41-37-34-30-26-22-18-14-10-6-2/h21,25,28,32-35,37-38,42,50,54,73-75,80H,5-20,22-24,26-27,29-31,36,39-41,43-49,51-53,55-72H2,1-4H3,(H,85,86)(H,87,88)/b25-21-,32-28-,35-33-,37-34-,42-38-,54-50-/t73-,74-,75-/m1/s1. The van der Waals surface area contributed by atoms with Gasteiger partial charge < -0.3 is 33.8 Å². The molecule has 17 nitrogen and oxygen atoms in total. The third kappa shape index (κ3) is 70.9. The van der Waals surface area contributed by atoms with Gasteiger partial charge in [0.25, 0.3) is 0 Å². The summed E-state index contributed by atoms with van der Waals surface area (Å²) in [5.74, 6) is -2.23. The van der Waals surface area contributed by atoms with Crippen LogP contribution in [0.15, 0.2) is 72.9 Å². The molecule has 0 aliphatic rings. The Kier molecular flexibility index (Phi) is 69.3. The van der Waals surface area contributed by atoms with E-state index in [2.05, 4.69) is 88.5 Å². The van der Waals surface area contributed by atoms with Crippen LogP contribution in [0, 0.1) is 0 Å². The predicted octanol–water partition coefficient (Wildman–Crippen LogP) is 22.4. The molecule has 0 aliphatic carbocycles. The highest BCUT2D eigenvalue weighted by molar-refractivity contribution is 7.47. The molecule has 19 heteroatoms. The lowest BCUT2D eigenvalue weighted by Gasteiger charge is -2.21. The van der Waals surface area contributed by atoms with Crippen molar-refractivity contribution in [3.63, 3.8) is 0 Å². The van der Waals surface area contributed by atoms with E-state index < -0.39 is 97.5 Å². The molecular formula is C79H142O17P2. The van der Waals surface area contributed by atoms with Crippen LogP contribution in [0.5, 0.6) is 0 Å². The first kappa shape index (κ1) is 94.5. The van der Waals surface area contributed by atoms with E-state index in [1.807, 2.05) is 12.2 Å². The molecule has 0 heterocycles. The normalized spacial score (nSPS) is 14.3. The Balaban J connectivity index is 5.39. The molecule has 98 heavy (non-hydrogen) atoms. The smallest absolute Gasteiger partial charge is 0.462 e. The van der Waals surface area contributed by atoms with Crippen molar-refractivity contribution in [2.75, 3.05) is 39.6 Å². The number of ether oxygens (including phenoxy) is 4. The molecule has 2 unspecified atom stereocenters. The summed E-state index contributed by atoms with van der Waals surface area (Å²) in [6.45, 7) is 4.79. The van der Waals surface area contributed by atoms with E-state index >= 15 is 0 Å². The SMILES string of the molecule is CCCCC/C=C\C/C=C\C/C=C\C/C=C\CCCC(=O)O[C@H](COC(=O)CCCCCCC/C=C\CCCCCC)COP(=O)(O)OC[C@H](O)COP(=O)(O)OC[C@@H](COC(=O)CCCCCCCCCCCCCCC)OC(=O)CCCCCCC/C=C\CCCCCCCC. The van der Waals surface area contributed by atoms with E-state index in [4.69, 9.17) is 37.0 Å². The molecule has 0 fully saturated rings. The lowest BCUT2D eigenvalue weighted by atomic mass is 10.0. The number of aliphatic hydroxyl groups excluding tert-OH is 1. The van der Waals surface area contributed by atoms with Crippen LogP contribution in [0.1, 0.15) is 349 Å². The summed E-state index contributed by atoms with van der Waals surface area (Å²) in [5.41, 5.74) is 0. The summed E-state index contributed by atoms with van der Waals surface area (Å²) >= 11 is 0. The van der Waals surface area contributed by atoms with E-state index in [9.17, 15) is 43.2 Å². The van der Waals surface area contributed by atoms with E-state index in [1.165, 1.54) is 141 Å². The highest BCUT2D eigenvalue weighted by Gasteiger charge is 2.30. The zero-order valence-electron chi connectivity index (χ0n) is 62.2. The summed E-state index contributed by atoms with van der Waals surface area (Å²) in [4.78, 5) is 72.8. The molecule has 0 saturated carbocycles. The number of rotatable bonds is 74. The molecule has 0 rings (SSSR count). The van der Waals surface area contributed by atoms with E-state index in [0.29, 0.717) is 32.1 Å². The van der Waals surface area contributed by atoms with E-state index in [1.54, 1.807) is 0 Å². The monoisotopic (exact) mass is 1420 g/mol. The molecule has 3 N–H and O–H groups in total. The van der Waals surface area contributed by atoms with Crippen molar-refractivity contribution in [2.45, 2.75) is 367 Å². The van der Waals surface area contributed by atoms with Gasteiger partial charge >= 0.3 is 39.5 Å². The summed E-state index contributed by atoms with van der Waals surface area (Å²) in [7, 11) is -9.96. The minimum absolute atomic E-state index is 0.0199. The maximum Gasteiger partial charge on any atom is 0.472 e. The van der Waals surface area contributed by atoms with Gasteiger partial charge in [-0.15, -0.1) is 0 Å². The maximum absolute atomic E-state index is 13.1. The second kappa shape index (κ2) is 71.9. The topological polar surface area (TPSA) is 237 Å². The van der Waals surface area contributed by atoms with E-state index in [0.717, 1.165) is 122 Å². The summed E-state index contributed by atoms with van der Waals surface area (Å²) in [5, 5.41) is 10.6. The largest absolute Gasteiger partial charge is 0.472 e. The molecule has 570 valence electrons. The van der Waals surface area contributed by atoms with Gasteiger partial charge in [0.1, 0.15) is 19.3 Å². The van der Waals surface area contributed by atoms with Crippen molar-refractivity contribution >= 4 is 39.5 Å². The van der Waals surface area contributed by atoms with Gasteiger partial charge in [0.15, 0.2) is 12.2 Å². The van der Waals surface area contributed by atoms with Crippen LogP contribution in [-0.4, -0.2) is 96.7 Å². The molecule has 0 amide bonds. The van der Waals surface area contributed by atoms with Crippen LogP contribution in [0.2, 0.25) is 0 Å². The Hall–Kier alpha value is -3.50. The van der Waals surface area contributed by atoms with Crippen molar-refractivity contribution < 1.29 is 80.2 Å². The molecule has 0 bridgehead atoms. The summed E-state index contributed by atoms with van der Waals surface area (Å²) in [6.07, 6.45) is 71.8. The number of carbonyl (C=O) groups excluding carboxylic acids is 4. The lowest BCUT2D eigenvalue weighted by Crippen LogP contribution is -2.30. The Morgan fingerprint density at radius 1 is 0.286 bits per heavy atom. The molecule has 0 radical (unpaired) electrons. The van der Waals surface area contributed by atoms with Gasteiger partial charge in [0, 0.05) is 25.7 Å². The van der Waals surface area contributed by atoms with Gasteiger partial charge in [-0.25, -0.2) is 9.13 Å². The van der Waals surface area contributed by atoms with Crippen molar-refractivity contribution in [3.8, 4) is 0 Å². The number of unbranched alkanes of at least 4 members (excludes halogenated alkanes) is 36. The Bertz CT molecular complexity index is 2140. The van der Waals surface area contributed by atoms with Gasteiger partial charge in [-0.05, 0) is 116 Å². The second-order valence-electron chi connectivity index (χ2n) is 26.3. The van der Waals surface area contributed by atoms with E-state index in [-0.39, 0.29) is 25.7 Å². The molecule has 0 saturated heterocycles. The maximum atomic E-state index is 13.1. The zero-order chi connectivity index (χ0) is 71.8. The van der Waals surface area contributed by atoms with Crippen molar-refractivity contribution in [3.05, 3.63) is 72.9 Å². The Morgan fingerprint density at radius 2 is 0.510 bits per heavy atom. The first-order valence-electron chi connectivity index (χ1n) is 39.2. The van der Waals surface area contributed by atoms with Crippen molar-refractivity contribution in [1.29, 1.82) is 0 Å². The fraction of sp³-hybridized carbons (Fsp3) is 0.797. The van der Waals surface area contributed by atoms with Crippen LogP contribution in [0.3, 0.4) is 0 Å². The third-order valence-corrected chi connectivity index (χ3v) is 18.5. The van der Waals surface area contributed by atoms with Gasteiger partial charge in [0.05, 0.1) is 26.4 Å². The molecule has 0 aromatic carbocycles. The van der Waals surface area contributed by atoms with Gasteiger partial charge in [-0.1, -0.05) is 280 Å². The molecule has 5 atom stereocenters. The van der Waals surface area contributed by atoms with Crippen LogP contribution in [0.25, 0.3) is 0 Å². The fourth-order valence-electron chi connectivity index (χ4n) is 10.6. The Labute approximate surface area is 596 Å². The molecule has 0 aromatic rings. The van der Waals surface area contributed by atoms with Crippen LogP contribution in [0.4, 0.5) is 0 Å². The summed E-state index contributed by atoms with van der Waals surface area (Å²) < 4.78 is 68.4. The average molecular weight is 1430 g/mol. The number of aliphatic hydroxyl groups is 1. The quantitative estimate of drug-likeness (QED) is 0.0169. The van der Waals surface area contributed by atoms with Crippen LogP contribution in [-0.2, 0) is 65.4 Å². The zero-order valence-corrected chi connectivity index (χ0v) is 64.0. The molecular weight excluding hydrogens is 1280 g/mol. The average Bonchev–Trinajstić information content (AvgIpc) is 1.05. The van der Waals surface area contributed by atoms with Gasteiger partial charge in [-0.3, -0.25) is 37.3 Å². The first-order valence-corrected chi connectivity index (χ1v) is 42.2. The fourth-order valence-corrected chi connectivity index (χ4v) is 12.2. The molecule has 0 aliphatic heterocycles. The third-order valence-electron chi connectivity index (χ3n) is 16.6. The molecule has 0 spiro atoms. The second-order valence-corrected chi connectivity index (χ2v) is 29.2.